The molecular formula is C10H6ClNS2. The van der Waals surface area contributed by atoms with E-state index in [-0.39, 0.29) is 0 Å². The molecule has 1 aromatic carbocycles. The number of nitriles is 1. The van der Waals surface area contributed by atoms with Gasteiger partial charge in [-0.05, 0) is 23.1 Å². The highest BCUT2D eigenvalue weighted by molar-refractivity contribution is 7.80. The smallest absolute Gasteiger partial charge is 0.0670 e. The largest absolute Gasteiger partial charge is 0.198 e. The number of halogens is 1. The first-order valence-corrected chi connectivity index (χ1v) is 5.69. The molecule has 0 atom stereocenters. The molecule has 0 N–H and O–H groups in total. The van der Waals surface area contributed by atoms with E-state index in [4.69, 9.17) is 16.9 Å². The van der Waals surface area contributed by atoms with Crippen LogP contribution in [0, 0.1) is 11.3 Å². The molecule has 0 fully saturated rings. The highest BCUT2D eigenvalue weighted by Gasteiger charge is 2.10. The number of rotatable bonds is 1. The summed E-state index contributed by atoms with van der Waals surface area (Å²) in [5.41, 5.74) is 0.823. The Morgan fingerprint density at radius 3 is 3.07 bits per heavy atom. The Morgan fingerprint density at radius 2 is 2.36 bits per heavy atom. The minimum atomic E-state index is 0.309. The molecule has 0 aliphatic rings. The van der Waals surface area contributed by atoms with E-state index in [0.717, 1.165) is 20.5 Å². The van der Waals surface area contributed by atoms with Crippen LogP contribution in [-0.4, -0.2) is 0 Å². The van der Waals surface area contributed by atoms with E-state index in [2.05, 4.69) is 18.7 Å². The molecule has 1 heterocycles. The lowest BCUT2D eigenvalue weighted by atomic mass is 10.1. The third-order valence-electron chi connectivity index (χ3n) is 2.03. The molecule has 0 unspecified atom stereocenters. The van der Waals surface area contributed by atoms with Gasteiger partial charge in [0.05, 0.1) is 17.5 Å². The van der Waals surface area contributed by atoms with Gasteiger partial charge in [-0.25, -0.2) is 0 Å². The van der Waals surface area contributed by atoms with Crippen molar-refractivity contribution in [3.05, 3.63) is 28.1 Å². The van der Waals surface area contributed by atoms with Crippen molar-refractivity contribution in [2.75, 3.05) is 0 Å². The van der Waals surface area contributed by atoms with Crippen LogP contribution in [0.5, 0.6) is 0 Å². The fraction of sp³-hybridized carbons (Fsp3) is 0.100. The molecule has 0 aliphatic carbocycles. The summed E-state index contributed by atoms with van der Waals surface area (Å²) in [5, 5.41) is 12.3. The molecule has 0 spiro atoms. The van der Waals surface area contributed by atoms with Crippen LogP contribution in [0.1, 0.15) is 5.56 Å². The molecule has 1 nitrogen and oxygen atoms in total. The molecule has 2 rings (SSSR count). The van der Waals surface area contributed by atoms with Crippen LogP contribution in [0.2, 0.25) is 5.02 Å². The first kappa shape index (κ1) is 9.85. The van der Waals surface area contributed by atoms with Crippen molar-refractivity contribution < 1.29 is 0 Å². The van der Waals surface area contributed by atoms with Gasteiger partial charge in [0.2, 0.25) is 0 Å². The van der Waals surface area contributed by atoms with Gasteiger partial charge in [-0.15, -0.1) is 24.0 Å². The van der Waals surface area contributed by atoms with Gasteiger partial charge in [0, 0.05) is 15.0 Å². The third-order valence-corrected chi connectivity index (χ3v) is 3.72. The van der Waals surface area contributed by atoms with Crippen LogP contribution < -0.4 is 0 Å². The number of fused-ring (bicyclic) bond motifs is 1. The van der Waals surface area contributed by atoms with Gasteiger partial charge in [-0.3, -0.25) is 0 Å². The summed E-state index contributed by atoms with van der Waals surface area (Å²) in [7, 11) is 0. The van der Waals surface area contributed by atoms with Crippen LogP contribution >= 0.6 is 35.6 Å². The van der Waals surface area contributed by atoms with Gasteiger partial charge >= 0.3 is 0 Å². The van der Waals surface area contributed by atoms with Crippen LogP contribution in [0.15, 0.2) is 22.4 Å². The quantitative estimate of drug-likeness (QED) is 0.750. The molecule has 0 saturated heterocycles. The maximum atomic E-state index is 8.65. The monoisotopic (exact) mass is 239 g/mol. The molecule has 14 heavy (non-hydrogen) atoms. The number of nitrogens with zero attached hydrogens (tertiary/aromatic N) is 1. The standard InChI is InChI=1S/C10H6ClNS2/c11-10-6(1-3-12)8(13)5-9-7(10)2-4-14-9/h2,4-5,13H,1H2. The lowest BCUT2D eigenvalue weighted by Gasteiger charge is -2.04. The molecular weight excluding hydrogens is 234 g/mol. The summed E-state index contributed by atoms with van der Waals surface area (Å²) in [4.78, 5) is 0.798. The highest BCUT2D eigenvalue weighted by atomic mass is 35.5. The zero-order valence-electron chi connectivity index (χ0n) is 7.12. The lowest BCUT2D eigenvalue weighted by Crippen LogP contribution is -1.86. The summed E-state index contributed by atoms with van der Waals surface area (Å²) in [6, 6.07) is 6.02. The Morgan fingerprint density at radius 1 is 1.57 bits per heavy atom. The van der Waals surface area contributed by atoms with Gasteiger partial charge in [0.15, 0.2) is 0 Å². The Kier molecular flexibility index (Phi) is 2.69. The van der Waals surface area contributed by atoms with Crippen molar-refractivity contribution in [3.8, 4) is 6.07 Å². The Hall–Kier alpha value is -0.690. The van der Waals surface area contributed by atoms with Gasteiger partial charge < -0.3 is 0 Å². The predicted octanol–water partition coefficient (Wildman–Crippen LogP) is 3.91. The van der Waals surface area contributed by atoms with E-state index in [1.807, 2.05) is 17.5 Å². The second kappa shape index (κ2) is 3.82. The minimum Gasteiger partial charge on any atom is -0.198 e. The third kappa shape index (κ3) is 1.50. The molecule has 0 radical (unpaired) electrons. The molecule has 4 heteroatoms. The van der Waals surface area contributed by atoms with Crippen molar-refractivity contribution in [2.45, 2.75) is 11.3 Å². The van der Waals surface area contributed by atoms with Gasteiger partial charge in [0.1, 0.15) is 0 Å². The zero-order valence-corrected chi connectivity index (χ0v) is 9.59. The molecule has 0 aliphatic heterocycles. The second-order valence-electron chi connectivity index (χ2n) is 2.86. The molecule has 2 aromatic rings. The van der Waals surface area contributed by atoms with Gasteiger partial charge in [-0.1, -0.05) is 11.6 Å². The first-order valence-electron chi connectivity index (χ1n) is 3.98. The van der Waals surface area contributed by atoms with E-state index in [9.17, 15) is 0 Å². The summed E-state index contributed by atoms with van der Waals surface area (Å²) >= 11 is 12.1. The van der Waals surface area contributed by atoms with Crippen molar-refractivity contribution in [1.29, 1.82) is 5.26 Å². The normalized spacial score (nSPS) is 10.4. The molecule has 0 amide bonds. The fourth-order valence-corrected chi connectivity index (χ4v) is 3.04. The molecule has 0 saturated carbocycles. The SMILES string of the molecule is N#CCc1c(S)cc2sccc2c1Cl. The van der Waals surface area contributed by atoms with Crippen molar-refractivity contribution in [1.82, 2.24) is 0 Å². The Balaban J connectivity index is 2.77. The van der Waals surface area contributed by atoms with Crippen LogP contribution in [0.25, 0.3) is 10.1 Å². The molecule has 70 valence electrons. The summed E-state index contributed by atoms with van der Waals surface area (Å²) < 4.78 is 1.11. The number of thiol groups is 1. The van der Waals surface area contributed by atoms with Crippen molar-refractivity contribution in [2.24, 2.45) is 0 Å². The average molecular weight is 240 g/mol. The van der Waals surface area contributed by atoms with E-state index in [1.165, 1.54) is 0 Å². The first-order chi connectivity index (χ1) is 6.74. The second-order valence-corrected chi connectivity index (χ2v) is 4.66. The van der Waals surface area contributed by atoms with Crippen LogP contribution in [-0.2, 0) is 6.42 Å². The fourth-order valence-electron chi connectivity index (χ4n) is 1.35. The van der Waals surface area contributed by atoms with E-state index in [1.54, 1.807) is 11.3 Å². The number of hydrogen-bond donors (Lipinski definition) is 1. The molecule has 1 aromatic heterocycles. The van der Waals surface area contributed by atoms with Gasteiger partial charge in [0.25, 0.3) is 0 Å². The number of thiophene rings is 1. The Labute approximate surface area is 96.3 Å². The molecule has 0 bridgehead atoms. The van der Waals surface area contributed by atoms with Crippen LogP contribution in [0.3, 0.4) is 0 Å². The predicted molar refractivity (Wildman–Crippen MR) is 63.4 cm³/mol. The van der Waals surface area contributed by atoms with E-state index in [0.29, 0.717) is 11.4 Å². The lowest BCUT2D eigenvalue weighted by molar-refractivity contribution is 1.20. The summed E-state index contributed by atoms with van der Waals surface area (Å²) in [6.07, 6.45) is 0.309. The summed E-state index contributed by atoms with van der Waals surface area (Å²) in [5.74, 6) is 0. The zero-order chi connectivity index (χ0) is 10.1. The Bertz CT molecular complexity index is 525. The van der Waals surface area contributed by atoms with E-state index >= 15 is 0 Å². The van der Waals surface area contributed by atoms with Crippen molar-refractivity contribution >= 4 is 45.7 Å². The van der Waals surface area contributed by atoms with E-state index < -0.39 is 0 Å². The van der Waals surface area contributed by atoms with Gasteiger partial charge in [-0.2, -0.15) is 5.26 Å². The van der Waals surface area contributed by atoms with Crippen LogP contribution in [0.4, 0.5) is 0 Å². The summed E-state index contributed by atoms with van der Waals surface area (Å²) in [6.45, 7) is 0. The number of hydrogen-bond acceptors (Lipinski definition) is 3. The van der Waals surface area contributed by atoms with Crippen molar-refractivity contribution in [3.63, 3.8) is 0 Å². The highest BCUT2D eigenvalue weighted by Crippen LogP contribution is 2.35. The maximum Gasteiger partial charge on any atom is 0.0670 e. The number of benzene rings is 1. The topological polar surface area (TPSA) is 23.8 Å². The minimum absolute atomic E-state index is 0.309. The average Bonchev–Trinajstić information content (AvgIpc) is 2.60. The maximum absolute atomic E-state index is 8.65.